The number of ether oxygens (including phenoxy) is 1. The molecule has 1 aliphatic heterocycles. The summed E-state index contributed by atoms with van der Waals surface area (Å²) in [6, 6.07) is 12.3. The molecule has 0 radical (unpaired) electrons. The molecule has 1 aliphatic rings. The second kappa shape index (κ2) is 9.19. The van der Waals surface area contributed by atoms with Gasteiger partial charge in [-0.1, -0.05) is 12.1 Å². The van der Waals surface area contributed by atoms with Crippen LogP contribution in [0.1, 0.15) is 41.7 Å². The van der Waals surface area contributed by atoms with E-state index in [4.69, 9.17) is 4.74 Å². The fourth-order valence-corrected chi connectivity index (χ4v) is 5.45. The first-order valence-corrected chi connectivity index (χ1v) is 12.2. The monoisotopic (exact) mass is 434 g/mol. The third-order valence-corrected chi connectivity index (χ3v) is 7.74. The highest BCUT2D eigenvalue weighted by molar-refractivity contribution is 7.98. The molecule has 1 saturated heterocycles. The molecule has 1 N–H and O–H groups in total. The van der Waals surface area contributed by atoms with Gasteiger partial charge in [-0.15, -0.1) is 11.8 Å². The highest BCUT2D eigenvalue weighted by Crippen LogP contribution is 2.30. The zero-order chi connectivity index (χ0) is 21.0. The fourth-order valence-electron chi connectivity index (χ4n) is 3.34. The van der Waals surface area contributed by atoms with Crippen molar-refractivity contribution >= 4 is 27.7 Å². The topological polar surface area (TPSA) is 75.7 Å². The lowest BCUT2D eigenvalue weighted by Gasteiger charge is -2.19. The van der Waals surface area contributed by atoms with Crippen LogP contribution in [0.5, 0.6) is 5.75 Å². The maximum atomic E-state index is 13.0. The van der Waals surface area contributed by atoms with Crippen LogP contribution in [0.15, 0.2) is 52.3 Å². The van der Waals surface area contributed by atoms with Crippen LogP contribution in [0.4, 0.5) is 0 Å². The summed E-state index contributed by atoms with van der Waals surface area (Å²) in [4.78, 5) is 14.0. The summed E-state index contributed by atoms with van der Waals surface area (Å²) in [5.74, 6) is -0.0823. The van der Waals surface area contributed by atoms with E-state index in [0.29, 0.717) is 13.1 Å². The second-order valence-electron chi connectivity index (χ2n) is 6.95. The molecule has 3 rings (SSSR count). The Labute approximate surface area is 176 Å². The number of hydrogen-bond donors (Lipinski definition) is 1. The molecule has 1 atom stereocenters. The molecule has 0 aromatic heterocycles. The van der Waals surface area contributed by atoms with Gasteiger partial charge in [0.15, 0.2) is 0 Å². The van der Waals surface area contributed by atoms with Crippen LogP contribution in [0.2, 0.25) is 0 Å². The van der Waals surface area contributed by atoms with Crippen molar-refractivity contribution < 1.29 is 17.9 Å². The molecule has 156 valence electrons. The van der Waals surface area contributed by atoms with Crippen LogP contribution in [-0.4, -0.2) is 45.1 Å². The Kier molecular flexibility index (Phi) is 6.87. The van der Waals surface area contributed by atoms with Gasteiger partial charge in [0.05, 0.1) is 13.2 Å². The number of carbonyl (C=O) groups is 1. The number of carbonyl (C=O) groups excluding carboxylic acids is 1. The third kappa shape index (κ3) is 4.76. The van der Waals surface area contributed by atoms with Crippen LogP contribution in [-0.2, 0) is 10.0 Å². The van der Waals surface area contributed by atoms with E-state index < -0.39 is 10.0 Å². The summed E-state index contributed by atoms with van der Waals surface area (Å²) in [5, 5.41) is 2.94. The summed E-state index contributed by atoms with van der Waals surface area (Å²) in [6.45, 7) is 2.88. The average molecular weight is 435 g/mol. The predicted molar refractivity (Wildman–Crippen MR) is 115 cm³/mol. The quantitative estimate of drug-likeness (QED) is 0.673. The van der Waals surface area contributed by atoms with E-state index in [2.05, 4.69) is 5.32 Å². The standard InChI is InChI=1S/C21H26N2O4S2/c1-15(16-6-9-18(28-3)10-7-16)22-21(24)17-8-11-19(27-2)20(14-17)29(25,26)23-12-4-5-13-23/h6-11,14-15H,4-5,12-13H2,1-3H3,(H,22,24). The van der Waals surface area contributed by atoms with Gasteiger partial charge < -0.3 is 10.1 Å². The lowest BCUT2D eigenvalue weighted by atomic mass is 10.1. The van der Waals surface area contributed by atoms with Gasteiger partial charge in [-0.2, -0.15) is 4.31 Å². The molecular formula is C21H26N2O4S2. The van der Waals surface area contributed by atoms with E-state index in [1.807, 2.05) is 37.4 Å². The summed E-state index contributed by atoms with van der Waals surface area (Å²) < 4.78 is 32.7. The molecular weight excluding hydrogens is 408 g/mol. The van der Waals surface area contributed by atoms with Crippen molar-refractivity contribution in [2.75, 3.05) is 26.5 Å². The van der Waals surface area contributed by atoms with E-state index >= 15 is 0 Å². The number of amides is 1. The maximum Gasteiger partial charge on any atom is 0.251 e. The minimum absolute atomic E-state index is 0.0338. The van der Waals surface area contributed by atoms with Gasteiger partial charge in [-0.3, -0.25) is 4.79 Å². The van der Waals surface area contributed by atoms with Crippen molar-refractivity contribution in [2.24, 2.45) is 0 Å². The highest BCUT2D eigenvalue weighted by Gasteiger charge is 2.30. The van der Waals surface area contributed by atoms with Gasteiger partial charge in [0.25, 0.3) is 5.91 Å². The van der Waals surface area contributed by atoms with Gasteiger partial charge in [0, 0.05) is 23.5 Å². The fraction of sp³-hybridized carbons (Fsp3) is 0.381. The molecule has 1 amide bonds. The molecule has 0 spiro atoms. The zero-order valence-electron chi connectivity index (χ0n) is 16.8. The Bertz CT molecular complexity index is 969. The number of thioether (sulfide) groups is 1. The molecule has 8 heteroatoms. The molecule has 1 heterocycles. The van der Waals surface area contributed by atoms with Gasteiger partial charge in [-0.25, -0.2) is 8.42 Å². The van der Waals surface area contributed by atoms with Crippen LogP contribution >= 0.6 is 11.8 Å². The number of benzene rings is 2. The van der Waals surface area contributed by atoms with Crippen molar-refractivity contribution in [2.45, 2.75) is 35.6 Å². The Morgan fingerprint density at radius 1 is 1.14 bits per heavy atom. The number of hydrogen-bond acceptors (Lipinski definition) is 5. The van der Waals surface area contributed by atoms with Gasteiger partial charge >= 0.3 is 0 Å². The Morgan fingerprint density at radius 2 is 1.79 bits per heavy atom. The summed E-state index contributed by atoms with van der Waals surface area (Å²) in [7, 11) is -2.27. The maximum absolute atomic E-state index is 13.0. The van der Waals surface area contributed by atoms with Crippen molar-refractivity contribution in [3.63, 3.8) is 0 Å². The Hall–Kier alpha value is -2.03. The van der Waals surface area contributed by atoms with Crippen molar-refractivity contribution in [3.05, 3.63) is 53.6 Å². The number of methoxy groups -OCH3 is 1. The van der Waals surface area contributed by atoms with E-state index in [-0.39, 0.29) is 28.2 Å². The molecule has 1 unspecified atom stereocenters. The van der Waals surface area contributed by atoms with Gasteiger partial charge in [-0.05, 0) is 61.9 Å². The van der Waals surface area contributed by atoms with Crippen molar-refractivity contribution in [3.8, 4) is 5.75 Å². The number of nitrogens with zero attached hydrogens (tertiary/aromatic N) is 1. The molecule has 0 aliphatic carbocycles. The molecule has 1 fully saturated rings. The van der Waals surface area contributed by atoms with Gasteiger partial charge in [0.1, 0.15) is 10.6 Å². The summed E-state index contributed by atoms with van der Waals surface area (Å²) >= 11 is 1.66. The Morgan fingerprint density at radius 3 is 2.38 bits per heavy atom. The normalized spacial score (nSPS) is 15.8. The first-order chi connectivity index (χ1) is 13.9. The molecule has 6 nitrogen and oxygen atoms in total. The highest BCUT2D eigenvalue weighted by atomic mass is 32.2. The predicted octanol–water partition coefficient (Wildman–Crippen LogP) is 3.69. The van der Waals surface area contributed by atoms with Crippen molar-refractivity contribution in [1.29, 1.82) is 0 Å². The van der Waals surface area contributed by atoms with Crippen LogP contribution in [0.3, 0.4) is 0 Å². The minimum Gasteiger partial charge on any atom is -0.495 e. The summed E-state index contributed by atoms with van der Waals surface area (Å²) in [5.41, 5.74) is 1.27. The second-order valence-corrected chi connectivity index (χ2v) is 9.73. The SMILES string of the molecule is COc1ccc(C(=O)NC(C)c2ccc(SC)cc2)cc1S(=O)(=O)N1CCCC1. The first-order valence-electron chi connectivity index (χ1n) is 9.50. The van der Waals surface area contributed by atoms with Crippen molar-refractivity contribution in [1.82, 2.24) is 9.62 Å². The van der Waals surface area contributed by atoms with Crippen LogP contribution in [0.25, 0.3) is 0 Å². The molecule has 0 bridgehead atoms. The number of rotatable bonds is 7. The minimum atomic E-state index is -3.70. The molecule has 2 aromatic rings. The number of sulfonamides is 1. The van der Waals surface area contributed by atoms with Crippen LogP contribution in [0, 0.1) is 0 Å². The molecule has 2 aromatic carbocycles. The van der Waals surface area contributed by atoms with E-state index in [1.165, 1.54) is 23.5 Å². The van der Waals surface area contributed by atoms with Gasteiger partial charge in [0.2, 0.25) is 10.0 Å². The van der Waals surface area contributed by atoms with Crippen LogP contribution < -0.4 is 10.1 Å². The van der Waals surface area contributed by atoms with E-state index in [0.717, 1.165) is 23.3 Å². The zero-order valence-corrected chi connectivity index (χ0v) is 18.5. The number of nitrogens with one attached hydrogen (secondary N) is 1. The lowest BCUT2D eigenvalue weighted by Crippen LogP contribution is -2.29. The lowest BCUT2D eigenvalue weighted by molar-refractivity contribution is 0.0939. The van der Waals surface area contributed by atoms with E-state index in [1.54, 1.807) is 17.8 Å². The smallest absolute Gasteiger partial charge is 0.251 e. The third-order valence-electron chi connectivity index (χ3n) is 5.07. The average Bonchev–Trinajstić information content (AvgIpc) is 3.29. The van der Waals surface area contributed by atoms with E-state index in [9.17, 15) is 13.2 Å². The first kappa shape index (κ1) is 21.7. The molecule has 29 heavy (non-hydrogen) atoms. The largest absolute Gasteiger partial charge is 0.495 e. The molecule has 0 saturated carbocycles. The summed E-state index contributed by atoms with van der Waals surface area (Å²) in [6.07, 6.45) is 3.70. The Balaban J connectivity index is 1.83.